The maximum absolute atomic E-state index is 12.6. The number of carbonyl (C=O) groups excluding carboxylic acids is 3. The maximum atomic E-state index is 12.6. The summed E-state index contributed by atoms with van der Waals surface area (Å²) in [5.41, 5.74) is 2.70. The first-order valence-electron chi connectivity index (χ1n) is 10.5. The summed E-state index contributed by atoms with van der Waals surface area (Å²) in [5, 5.41) is 14.1. The van der Waals surface area contributed by atoms with Gasteiger partial charge in [0.1, 0.15) is 0 Å². The van der Waals surface area contributed by atoms with E-state index in [-0.39, 0.29) is 24.1 Å². The van der Waals surface area contributed by atoms with Crippen LogP contribution in [0.15, 0.2) is 58.9 Å². The Balaban J connectivity index is 1.22. The van der Waals surface area contributed by atoms with Gasteiger partial charge in [0.2, 0.25) is 22.9 Å². The van der Waals surface area contributed by atoms with Crippen molar-refractivity contribution in [3.05, 3.63) is 60.2 Å². The van der Waals surface area contributed by atoms with E-state index >= 15 is 0 Å². The second-order valence-corrected chi connectivity index (χ2v) is 9.94. The summed E-state index contributed by atoms with van der Waals surface area (Å²) in [6, 6.07) is 17.0. The van der Waals surface area contributed by atoms with Crippen LogP contribution in [0.3, 0.4) is 0 Å². The Kier molecular flexibility index (Phi) is 7.36. The molecule has 1 aliphatic heterocycles. The minimum absolute atomic E-state index is 0.0706. The van der Waals surface area contributed by atoms with Crippen LogP contribution in [-0.2, 0) is 14.4 Å². The maximum Gasteiger partial charge on any atom is 0.231 e. The van der Waals surface area contributed by atoms with E-state index in [1.54, 1.807) is 4.90 Å². The molecule has 170 valence electrons. The van der Waals surface area contributed by atoms with Gasteiger partial charge in [-0.15, -0.1) is 10.2 Å². The van der Waals surface area contributed by atoms with Gasteiger partial charge >= 0.3 is 0 Å². The lowest BCUT2D eigenvalue weighted by Crippen LogP contribution is -2.28. The van der Waals surface area contributed by atoms with Crippen molar-refractivity contribution in [2.45, 2.75) is 24.1 Å². The van der Waals surface area contributed by atoms with Crippen molar-refractivity contribution in [1.29, 1.82) is 0 Å². The Hall–Kier alpha value is -3.24. The monoisotopic (exact) mass is 481 g/mol. The number of para-hydroxylation sites is 1. The summed E-state index contributed by atoms with van der Waals surface area (Å²) in [6.07, 6.45) is 0.497. The number of carbonyl (C=O) groups is 3. The van der Waals surface area contributed by atoms with Gasteiger partial charge in [-0.25, -0.2) is 0 Å². The molecule has 0 spiro atoms. The largest absolute Gasteiger partial charge is 0.326 e. The molecule has 3 aromatic rings. The third kappa shape index (κ3) is 6.17. The van der Waals surface area contributed by atoms with Crippen LogP contribution in [0.5, 0.6) is 0 Å². The van der Waals surface area contributed by atoms with Gasteiger partial charge in [-0.05, 0) is 31.2 Å². The van der Waals surface area contributed by atoms with E-state index in [0.717, 1.165) is 16.9 Å². The van der Waals surface area contributed by atoms with Crippen LogP contribution in [0, 0.1) is 12.8 Å². The third-order valence-corrected chi connectivity index (χ3v) is 7.06. The van der Waals surface area contributed by atoms with Crippen LogP contribution in [-0.4, -0.2) is 40.2 Å². The zero-order valence-corrected chi connectivity index (χ0v) is 19.6. The molecule has 2 aromatic carbocycles. The number of thioether (sulfide) groups is 1. The van der Waals surface area contributed by atoms with E-state index in [1.165, 1.54) is 23.1 Å². The molecular formula is C23H23N5O3S2. The molecule has 1 saturated heterocycles. The van der Waals surface area contributed by atoms with Gasteiger partial charge in [0.05, 0.1) is 5.92 Å². The summed E-state index contributed by atoms with van der Waals surface area (Å²) in [6.45, 7) is 2.33. The molecule has 1 aromatic heterocycles. The van der Waals surface area contributed by atoms with Crippen LogP contribution in [0.2, 0.25) is 0 Å². The van der Waals surface area contributed by atoms with E-state index in [2.05, 4.69) is 20.8 Å². The van der Waals surface area contributed by atoms with Crippen LogP contribution < -0.4 is 15.5 Å². The van der Waals surface area contributed by atoms with Crippen LogP contribution in [0.4, 0.5) is 16.5 Å². The van der Waals surface area contributed by atoms with E-state index < -0.39 is 5.92 Å². The molecule has 3 amide bonds. The second kappa shape index (κ2) is 10.6. The number of amides is 3. The standard InChI is InChI=1S/C23H23N5O3S2/c1-15-7-9-17(10-8-15)24-19(29)11-12-32-23-27-26-22(33-23)25-21(31)16-13-20(30)28(14-16)18-5-3-2-4-6-18/h2-10,16H,11-14H2,1H3,(H,24,29)(H,25,26,31). The van der Waals surface area contributed by atoms with Gasteiger partial charge in [-0.3, -0.25) is 14.4 Å². The molecule has 2 N–H and O–H groups in total. The van der Waals surface area contributed by atoms with Crippen molar-refractivity contribution in [1.82, 2.24) is 10.2 Å². The summed E-state index contributed by atoms with van der Waals surface area (Å²) in [4.78, 5) is 38.7. The fraction of sp³-hybridized carbons (Fsp3) is 0.261. The van der Waals surface area contributed by atoms with Crippen LogP contribution >= 0.6 is 23.1 Å². The smallest absolute Gasteiger partial charge is 0.231 e. The Bertz CT molecular complexity index is 1130. The third-order valence-electron chi connectivity index (χ3n) is 5.09. The number of aryl methyl sites for hydroxylation is 1. The minimum Gasteiger partial charge on any atom is -0.326 e. The zero-order chi connectivity index (χ0) is 23.2. The molecule has 1 aliphatic rings. The Morgan fingerprint density at radius 1 is 1.09 bits per heavy atom. The topological polar surface area (TPSA) is 104 Å². The first-order chi connectivity index (χ1) is 16.0. The molecule has 1 unspecified atom stereocenters. The Morgan fingerprint density at radius 3 is 2.61 bits per heavy atom. The van der Waals surface area contributed by atoms with Crippen molar-refractivity contribution in [3.8, 4) is 0 Å². The number of aromatic nitrogens is 2. The number of nitrogens with one attached hydrogen (secondary N) is 2. The van der Waals surface area contributed by atoms with Gasteiger partial charge in [-0.1, -0.05) is 59.0 Å². The first-order valence-corrected chi connectivity index (χ1v) is 12.3. The summed E-state index contributed by atoms with van der Waals surface area (Å²) in [7, 11) is 0. The Morgan fingerprint density at radius 2 is 1.85 bits per heavy atom. The SMILES string of the molecule is Cc1ccc(NC(=O)CCSc2nnc(NC(=O)C3CC(=O)N(c4ccccc4)C3)s2)cc1. The molecule has 33 heavy (non-hydrogen) atoms. The normalized spacial score (nSPS) is 15.5. The van der Waals surface area contributed by atoms with E-state index in [9.17, 15) is 14.4 Å². The number of nitrogens with zero attached hydrogens (tertiary/aromatic N) is 3. The van der Waals surface area contributed by atoms with E-state index in [4.69, 9.17) is 0 Å². The highest BCUT2D eigenvalue weighted by atomic mass is 32.2. The summed E-state index contributed by atoms with van der Waals surface area (Å²) < 4.78 is 0.668. The molecule has 2 heterocycles. The molecule has 4 rings (SSSR count). The van der Waals surface area contributed by atoms with E-state index in [0.29, 0.717) is 28.2 Å². The van der Waals surface area contributed by atoms with Crippen molar-refractivity contribution < 1.29 is 14.4 Å². The Labute approximate surface area is 199 Å². The predicted octanol–water partition coefficient (Wildman–Crippen LogP) is 3.96. The summed E-state index contributed by atoms with van der Waals surface area (Å²) in [5.74, 6) is -0.282. The number of hydrogen-bond donors (Lipinski definition) is 2. The lowest BCUT2D eigenvalue weighted by molar-refractivity contribution is -0.122. The zero-order valence-electron chi connectivity index (χ0n) is 18.0. The first kappa shape index (κ1) is 22.9. The number of benzene rings is 2. The molecule has 0 radical (unpaired) electrons. The molecule has 1 fully saturated rings. The van der Waals surface area contributed by atoms with Crippen LogP contribution in [0.1, 0.15) is 18.4 Å². The molecule has 8 nitrogen and oxygen atoms in total. The van der Waals surface area contributed by atoms with Crippen molar-refractivity contribution >= 4 is 57.3 Å². The van der Waals surface area contributed by atoms with Gasteiger partial charge in [0.25, 0.3) is 0 Å². The quantitative estimate of drug-likeness (QED) is 0.373. The highest BCUT2D eigenvalue weighted by molar-refractivity contribution is 8.01. The van der Waals surface area contributed by atoms with Crippen molar-refractivity contribution in [2.24, 2.45) is 5.92 Å². The van der Waals surface area contributed by atoms with Gasteiger partial charge in [0.15, 0.2) is 4.34 Å². The molecule has 0 saturated carbocycles. The lowest BCUT2D eigenvalue weighted by atomic mass is 10.1. The highest BCUT2D eigenvalue weighted by Gasteiger charge is 2.35. The number of anilines is 3. The van der Waals surface area contributed by atoms with Gasteiger partial charge in [0, 0.05) is 36.5 Å². The molecule has 10 heteroatoms. The van der Waals surface area contributed by atoms with Crippen molar-refractivity contribution in [3.63, 3.8) is 0 Å². The molecular weight excluding hydrogens is 458 g/mol. The highest BCUT2D eigenvalue weighted by Crippen LogP contribution is 2.29. The number of rotatable bonds is 8. The number of hydrogen-bond acceptors (Lipinski definition) is 7. The molecule has 1 atom stereocenters. The van der Waals surface area contributed by atoms with Crippen LogP contribution in [0.25, 0.3) is 0 Å². The molecule has 0 aliphatic carbocycles. The van der Waals surface area contributed by atoms with E-state index in [1.807, 2.05) is 61.5 Å². The van der Waals surface area contributed by atoms with Crippen molar-refractivity contribution in [2.75, 3.05) is 27.8 Å². The molecule has 0 bridgehead atoms. The second-order valence-electron chi connectivity index (χ2n) is 7.62. The minimum atomic E-state index is -0.442. The lowest BCUT2D eigenvalue weighted by Gasteiger charge is -2.16. The van der Waals surface area contributed by atoms with Gasteiger partial charge < -0.3 is 15.5 Å². The predicted molar refractivity (Wildman–Crippen MR) is 131 cm³/mol. The average molecular weight is 482 g/mol. The summed E-state index contributed by atoms with van der Waals surface area (Å²) >= 11 is 2.66. The van der Waals surface area contributed by atoms with Gasteiger partial charge in [-0.2, -0.15) is 0 Å². The fourth-order valence-corrected chi connectivity index (χ4v) is 5.12. The fourth-order valence-electron chi connectivity index (χ4n) is 3.36. The average Bonchev–Trinajstić information content (AvgIpc) is 3.42.